The Morgan fingerprint density at radius 3 is 2.50 bits per heavy atom. The first-order chi connectivity index (χ1) is 11.5. The Hall–Kier alpha value is -1.76. The Balaban J connectivity index is 2.31. The molecular weight excluding hydrogens is 327 g/mol. The summed E-state index contributed by atoms with van der Waals surface area (Å²) in [6.07, 6.45) is 1.93. The van der Waals surface area contributed by atoms with E-state index < -0.39 is 0 Å². The highest BCUT2D eigenvalue weighted by Crippen LogP contribution is 2.18. The number of guanidine groups is 1. The number of carbonyl (C=O) groups is 1. The van der Waals surface area contributed by atoms with Crippen molar-refractivity contribution in [3.05, 3.63) is 30.1 Å². The van der Waals surface area contributed by atoms with E-state index in [0.29, 0.717) is 5.96 Å². The van der Waals surface area contributed by atoms with E-state index in [1.54, 1.807) is 38.0 Å². The summed E-state index contributed by atoms with van der Waals surface area (Å²) in [4.78, 5) is 18.5. The number of carbonyl (C=O) groups excluding carboxylic acids is 1. The third-order valence-electron chi connectivity index (χ3n) is 3.11. The minimum atomic E-state index is -0.212. The molecule has 0 bridgehead atoms. The van der Waals surface area contributed by atoms with Crippen molar-refractivity contribution < 1.29 is 9.18 Å². The van der Waals surface area contributed by atoms with Gasteiger partial charge < -0.3 is 15.5 Å². The second-order valence-corrected chi connectivity index (χ2v) is 6.63. The number of thioether (sulfide) groups is 1. The fourth-order valence-corrected chi connectivity index (χ4v) is 2.56. The highest BCUT2D eigenvalue weighted by atomic mass is 32.2. The van der Waals surface area contributed by atoms with Crippen LogP contribution in [0.1, 0.15) is 19.8 Å². The van der Waals surface area contributed by atoms with Crippen LogP contribution in [-0.2, 0) is 4.79 Å². The summed E-state index contributed by atoms with van der Waals surface area (Å²) in [5, 5.41) is 6.44. The van der Waals surface area contributed by atoms with Crippen LogP contribution < -0.4 is 10.6 Å². The van der Waals surface area contributed by atoms with Gasteiger partial charge in [-0.15, -0.1) is 11.8 Å². The number of hydrogen-bond acceptors (Lipinski definition) is 3. The van der Waals surface area contributed by atoms with Gasteiger partial charge in [-0.25, -0.2) is 9.38 Å². The molecule has 24 heavy (non-hydrogen) atoms. The van der Waals surface area contributed by atoms with Crippen molar-refractivity contribution in [2.24, 2.45) is 4.99 Å². The van der Waals surface area contributed by atoms with Gasteiger partial charge in [-0.1, -0.05) is 6.92 Å². The first kappa shape index (κ1) is 20.3. The van der Waals surface area contributed by atoms with E-state index >= 15 is 0 Å². The van der Waals surface area contributed by atoms with Crippen LogP contribution in [0.3, 0.4) is 0 Å². The normalized spacial score (nSPS) is 11.2. The lowest BCUT2D eigenvalue weighted by Crippen LogP contribution is -2.39. The molecule has 1 rings (SSSR count). The van der Waals surface area contributed by atoms with Gasteiger partial charge in [-0.05, 0) is 42.9 Å². The topological polar surface area (TPSA) is 56.7 Å². The molecule has 2 N–H and O–H groups in total. The van der Waals surface area contributed by atoms with Crippen LogP contribution >= 0.6 is 11.8 Å². The molecule has 1 amide bonds. The fourth-order valence-electron chi connectivity index (χ4n) is 1.71. The van der Waals surface area contributed by atoms with Gasteiger partial charge in [-0.3, -0.25) is 4.79 Å². The molecule has 0 aliphatic heterocycles. The second-order valence-electron chi connectivity index (χ2n) is 5.46. The number of hydrogen-bond donors (Lipinski definition) is 2. The molecule has 0 spiro atoms. The van der Waals surface area contributed by atoms with Gasteiger partial charge in [0.05, 0.1) is 0 Å². The molecule has 0 unspecified atom stereocenters. The molecule has 0 aliphatic carbocycles. The van der Waals surface area contributed by atoms with Crippen LogP contribution in [-0.4, -0.2) is 56.2 Å². The van der Waals surface area contributed by atoms with E-state index in [9.17, 15) is 9.18 Å². The van der Waals surface area contributed by atoms with E-state index in [4.69, 9.17) is 0 Å². The molecule has 5 nitrogen and oxygen atoms in total. The minimum absolute atomic E-state index is 0.0283. The number of halogens is 1. The second kappa shape index (κ2) is 11.7. The molecule has 0 aliphatic rings. The first-order valence-corrected chi connectivity index (χ1v) is 9.12. The van der Waals surface area contributed by atoms with Crippen molar-refractivity contribution in [3.63, 3.8) is 0 Å². The molecule has 134 valence electrons. The molecule has 0 atom stereocenters. The average molecular weight is 354 g/mol. The summed E-state index contributed by atoms with van der Waals surface area (Å²) in [7, 11) is 3.44. The van der Waals surface area contributed by atoms with Crippen molar-refractivity contribution in [2.75, 3.05) is 39.5 Å². The number of likely N-dealkylation sites (N-methyl/N-ethyl adjacent to an activating group) is 1. The molecule has 7 heteroatoms. The molecular formula is C17H27FN4OS. The molecule has 1 aromatic carbocycles. The molecule has 0 saturated carbocycles. The molecule has 1 aromatic rings. The summed E-state index contributed by atoms with van der Waals surface area (Å²) in [6.45, 7) is 3.79. The van der Waals surface area contributed by atoms with Crippen LogP contribution in [0.2, 0.25) is 0 Å². The predicted octanol–water partition coefficient (Wildman–Crippen LogP) is 2.34. The van der Waals surface area contributed by atoms with E-state index in [2.05, 4.69) is 22.5 Å². The average Bonchev–Trinajstić information content (AvgIpc) is 2.57. The van der Waals surface area contributed by atoms with Gasteiger partial charge in [0.2, 0.25) is 5.91 Å². The summed E-state index contributed by atoms with van der Waals surface area (Å²) in [5.41, 5.74) is 0. The monoisotopic (exact) mass is 354 g/mol. The molecule has 0 aromatic heterocycles. The highest BCUT2D eigenvalue weighted by Gasteiger charge is 2.04. The van der Waals surface area contributed by atoms with Crippen molar-refractivity contribution in [2.45, 2.75) is 24.7 Å². The fraction of sp³-hybridized carbons (Fsp3) is 0.529. The largest absolute Gasteiger partial charge is 0.356 e. The predicted molar refractivity (Wildman–Crippen MR) is 99.0 cm³/mol. The minimum Gasteiger partial charge on any atom is -0.356 e. The van der Waals surface area contributed by atoms with Gasteiger partial charge in [0.1, 0.15) is 12.4 Å². The van der Waals surface area contributed by atoms with Gasteiger partial charge in [0.15, 0.2) is 5.96 Å². The van der Waals surface area contributed by atoms with Gasteiger partial charge in [-0.2, -0.15) is 0 Å². The number of aliphatic imine (C=N–C) groups is 1. The van der Waals surface area contributed by atoms with Crippen LogP contribution in [0.5, 0.6) is 0 Å². The summed E-state index contributed by atoms with van der Waals surface area (Å²) < 4.78 is 12.8. The first-order valence-electron chi connectivity index (χ1n) is 8.13. The molecule has 0 radical (unpaired) electrons. The van der Waals surface area contributed by atoms with Gasteiger partial charge in [0, 0.05) is 32.1 Å². The Morgan fingerprint density at radius 2 is 1.88 bits per heavy atom. The third-order valence-corrected chi connectivity index (χ3v) is 4.21. The summed E-state index contributed by atoms with van der Waals surface area (Å²) in [6, 6.07) is 6.52. The standard InChI is InChI=1S/C17H27FN4OS/c1-4-10-19-17(21-13-16(23)22(2)3)20-11-5-12-24-15-8-6-14(18)7-9-15/h6-9H,4-5,10-13H2,1-3H3,(H2,19,20,21). The van der Waals surface area contributed by atoms with E-state index in [0.717, 1.165) is 36.6 Å². The molecule has 0 heterocycles. The van der Waals surface area contributed by atoms with Gasteiger partial charge >= 0.3 is 0 Å². The maximum Gasteiger partial charge on any atom is 0.243 e. The highest BCUT2D eigenvalue weighted by molar-refractivity contribution is 7.99. The van der Waals surface area contributed by atoms with Crippen LogP contribution in [0.4, 0.5) is 4.39 Å². The Bertz CT molecular complexity index is 520. The van der Waals surface area contributed by atoms with Crippen molar-refractivity contribution in [1.82, 2.24) is 15.5 Å². The van der Waals surface area contributed by atoms with Crippen LogP contribution in [0, 0.1) is 5.82 Å². The quantitative estimate of drug-likeness (QED) is 0.309. The molecule has 0 saturated heterocycles. The number of rotatable bonds is 9. The zero-order valence-electron chi connectivity index (χ0n) is 14.6. The summed E-state index contributed by atoms with van der Waals surface area (Å²) in [5.74, 6) is 1.35. The third kappa shape index (κ3) is 8.76. The van der Waals surface area contributed by atoms with Gasteiger partial charge in [0.25, 0.3) is 0 Å². The summed E-state index contributed by atoms with van der Waals surface area (Å²) >= 11 is 1.69. The Morgan fingerprint density at radius 1 is 1.21 bits per heavy atom. The van der Waals surface area contributed by atoms with E-state index in [1.807, 2.05) is 0 Å². The molecule has 0 fully saturated rings. The maximum atomic E-state index is 12.8. The SMILES string of the molecule is CCCNC(=NCC(=O)N(C)C)NCCCSc1ccc(F)cc1. The van der Waals surface area contributed by atoms with E-state index in [-0.39, 0.29) is 18.3 Å². The number of amides is 1. The smallest absolute Gasteiger partial charge is 0.243 e. The number of benzene rings is 1. The lowest BCUT2D eigenvalue weighted by atomic mass is 10.4. The number of nitrogens with zero attached hydrogens (tertiary/aromatic N) is 2. The lowest BCUT2D eigenvalue weighted by molar-refractivity contribution is -0.127. The lowest BCUT2D eigenvalue weighted by Gasteiger charge is -2.13. The zero-order valence-corrected chi connectivity index (χ0v) is 15.5. The van der Waals surface area contributed by atoms with Crippen molar-refractivity contribution >= 4 is 23.6 Å². The Labute approximate surface area is 148 Å². The van der Waals surface area contributed by atoms with Crippen molar-refractivity contribution in [3.8, 4) is 0 Å². The number of nitrogens with one attached hydrogen (secondary N) is 2. The van der Waals surface area contributed by atoms with Crippen molar-refractivity contribution in [1.29, 1.82) is 0 Å². The van der Waals surface area contributed by atoms with Crippen LogP contribution in [0.15, 0.2) is 34.2 Å². The van der Waals surface area contributed by atoms with E-state index in [1.165, 1.54) is 17.0 Å². The van der Waals surface area contributed by atoms with Crippen LogP contribution in [0.25, 0.3) is 0 Å². The maximum absolute atomic E-state index is 12.8. The zero-order chi connectivity index (χ0) is 17.8. The Kier molecular flexibility index (Phi) is 9.91.